The lowest BCUT2D eigenvalue weighted by atomic mass is 10.0. The highest BCUT2D eigenvalue weighted by atomic mass is 32.2. The number of piperidine rings is 1. The Morgan fingerprint density at radius 2 is 1.91 bits per heavy atom. The molecular weight excluding hydrogens is 426 g/mol. The fourth-order valence-electron chi connectivity index (χ4n) is 3.79. The fraction of sp³-hybridized carbons (Fsp3) is 0.348. The van der Waals surface area contributed by atoms with Crippen molar-refractivity contribution in [2.45, 2.75) is 38.5 Å². The van der Waals surface area contributed by atoms with Crippen molar-refractivity contribution in [2.24, 2.45) is 5.92 Å². The van der Waals surface area contributed by atoms with Crippen LogP contribution < -0.4 is 5.32 Å². The number of hydrogen-bond donors (Lipinski definition) is 1. The van der Waals surface area contributed by atoms with Crippen molar-refractivity contribution < 1.29 is 13.2 Å². The van der Waals surface area contributed by atoms with E-state index in [-0.39, 0.29) is 10.8 Å². The van der Waals surface area contributed by atoms with Gasteiger partial charge in [-0.05, 0) is 74.1 Å². The Bertz CT molecular complexity index is 1210. The maximum absolute atomic E-state index is 13.3. The van der Waals surface area contributed by atoms with Crippen LogP contribution in [0.3, 0.4) is 0 Å². The van der Waals surface area contributed by atoms with Crippen molar-refractivity contribution in [3.8, 4) is 5.82 Å². The van der Waals surface area contributed by atoms with Gasteiger partial charge in [0.15, 0.2) is 5.82 Å². The summed E-state index contributed by atoms with van der Waals surface area (Å²) >= 11 is 0. The third-order valence-corrected chi connectivity index (χ3v) is 8.01. The fourth-order valence-corrected chi connectivity index (χ4v) is 5.59. The number of pyridine rings is 1. The number of carbonyl (C=O) groups excluding carboxylic acids is 1. The maximum Gasteiger partial charge on any atom is 0.255 e. The van der Waals surface area contributed by atoms with E-state index in [0.29, 0.717) is 41.6 Å². The molecule has 1 aromatic carbocycles. The lowest BCUT2D eigenvalue weighted by molar-refractivity contribution is 0.102. The standard InChI is InChI=1S/C23H27N5O3S/c1-16-7-11-27(12-8-16)32(30,31)21-14-19(13-17(2)18(21)3)23(29)26-20-5-6-22(24-15-20)28-10-4-9-25-28/h4-6,9-10,13-16H,7-8,11-12H2,1-3H3,(H,26,29). The second-order valence-corrected chi connectivity index (χ2v) is 10.2. The van der Waals surface area contributed by atoms with Gasteiger partial charge in [0.25, 0.3) is 5.91 Å². The van der Waals surface area contributed by atoms with E-state index < -0.39 is 10.0 Å². The number of aryl methyl sites for hydroxylation is 1. The number of carbonyl (C=O) groups is 1. The van der Waals surface area contributed by atoms with Gasteiger partial charge in [-0.15, -0.1) is 0 Å². The van der Waals surface area contributed by atoms with Crippen LogP contribution >= 0.6 is 0 Å². The minimum Gasteiger partial charge on any atom is -0.321 e. The summed E-state index contributed by atoms with van der Waals surface area (Å²) in [5.74, 6) is 0.767. The number of sulfonamides is 1. The highest BCUT2D eigenvalue weighted by molar-refractivity contribution is 7.89. The highest BCUT2D eigenvalue weighted by Gasteiger charge is 2.30. The summed E-state index contributed by atoms with van der Waals surface area (Å²) < 4.78 is 29.8. The minimum atomic E-state index is -3.67. The molecule has 4 rings (SSSR count). The monoisotopic (exact) mass is 453 g/mol. The van der Waals surface area contributed by atoms with Crippen molar-refractivity contribution in [3.05, 3.63) is 65.6 Å². The molecule has 8 nitrogen and oxygen atoms in total. The van der Waals surface area contributed by atoms with Crippen LogP contribution in [-0.4, -0.2) is 46.5 Å². The van der Waals surface area contributed by atoms with E-state index >= 15 is 0 Å². The quantitative estimate of drug-likeness (QED) is 0.637. The number of rotatable bonds is 5. The molecule has 1 aliphatic heterocycles. The van der Waals surface area contributed by atoms with Crippen molar-refractivity contribution in [1.82, 2.24) is 19.1 Å². The minimum absolute atomic E-state index is 0.198. The number of anilines is 1. The van der Waals surface area contributed by atoms with Gasteiger partial charge in [-0.3, -0.25) is 4.79 Å². The second kappa shape index (κ2) is 8.84. The first-order valence-electron chi connectivity index (χ1n) is 10.6. The van der Waals surface area contributed by atoms with Crippen LogP contribution in [0.1, 0.15) is 41.3 Å². The molecule has 0 spiro atoms. The molecule has 3 aromatic rings. The lowest BCUT2D eigenvalue weighted by Gasteiger charge is -2.30. The van der Waals surface area contributed by atoms with Gasteiger partial charge in [-0.2, -0.15) is 9.40 Å². The Labute approximate surface area is 188 Å². The van der Waals surface area contributed by atoms with E-state index in [1.807, 2.05) is 6.92 Å². The van der Waals surface area contributed by atoms with Gasteiger partial charge in [0.1, 0.15) is 0 Å². The number of amides is 1. The van der Waals surface area contributed by atoms with Crippen LogP contribution in [0.5, 0.6) is 0 Å². The molecule has 1 N–H and O–H groups in total. The van der Waals surface area contributed by atoms with Crippen molar-refractivity contribution in [2.75, 3.05) is 18.4 Å². The van der Waals surface area contributed by atoms with Gasteiger partial charge in [0.2, 0.25) is 10.0 Å². The Kier molecular flexibility index (Phi) is 6.12. The Morgan fingerprint density at radius 1 is 1.16 bits per heavy atom. The lowest BCUT2D eigenvalue weighted by Crippen LogP contribution is -2.38. The zero-order valence-corrected chi connectivity index (χ0v) is 19.3. The molecule has 0 saturated carbocycles. The largest absolute Gasteiger partial charge is 0.321 e. The topological polar surface area (TPSA) is 97.2 Å². The van der Waals surface area contributed by atoms with Gasteiger partial charge in [0, 0.05) is 31.0 Å². The molecule has 168 valence electrons. The average molecular weight is 454 g/mol. The summed E-state index contributed by atoms with van der Waals surface area (Å²) in [5.41, 5.74) is 2.24. The molecule has 1 fully saturated rings. The van der Waals surface area contributed by atoms with E-state index in [0.717, 1.165) is 18.4 Å². The van der Waals surface area contributed by atoms with Gasteiger partial charge in [-0.25, -0.2) is 18.1 Å². The third kappa shape index (κ3) is 4.44. The first-order chi connectivity index (χ1) is 15.3. The van der Waals surface area contributed by atoms with Crippen LogP contribution in [0, 0.1) is 19.8 Å². The van der Waals surface area contributed by atoms with Gasteiger partial charge >= 0.3 is 0 Å². The van der Waals surface area contributed by atoms with Crippen molar-refractivity contribution in [3.63, 3.8) is 0 Å². The van der Waals surface area contributed by atoms with Crippen LogP contribution in [0.4, 0.5) is 5.69 Å². The summed E-state index contributed by atoms with van der Waals surface area (Å²) in [5, 5.41) is 6.93. The number of aromatic nitrogens is 3. The van der Waals surface area contributed by atoms with E-state index in [9.17, 15) is 13.2 Å². The molecule has 0 unspecified atom stereocenters. The Balaban J connectivity index is 1.57. The van der Waals surface area contributed by atoms with E-state index in [1.54, 1.807) is 54.5 Å². The van der Waals surface area contributed by atoms with E-state index in [4.69, 9.17) is 0 Å². The summed E-state index contributed by atoms with van der Waals surface area (Å²) in [7, 11) is -3.67. The number of hydrogen-bond acceptors (Lipinski definition) is 5. The molecule has 1 amide bonds. The molecule has 3 heterocycles. The number of nitrogens with one attached hydrogen (secondary N) is 1. The summed E-state index contributed by atoms with van der Waals surface area (Å²) in [6, 6.07) is 8.48. The van der Waals surface area contributed by atoms with Crippen LogP contribution in [0.25, 0.3) is 5.82 Å². The molecule has 32 heavy (non-hydrogen) atoms. The predicted molar refractivity (Wildman–Crippen MR) is 122 cm³/mol. The smallest absolute Gasteiger partial charge is 0.255 e. The first kappa shape index (κ1) is 22.2. The van der Waals surface area contributed by atoms with Gasteiger partial charge in [0.05, 0.1) is 16.8 Å². The summed E-state index contributed by atoms with van der Waals surface area (Å²) in [6.07, 6.45) is 6.67. The maximum atomic E-state index is 13.3. The molecule has 2 aromatic heterocycles. The van der Waals surface area contributed by atoms with Crippen LogP contribution in [0.15, 0.2) is 53.8 Å². The average Bonchev–Trinajstić information content (AvgIpc) is 3.31. The molecule has 9 heteroatoms. The van der Waals surface area contributed by atoms with Crippen LogP contribution in [0.2, 0.25) is 0 Å². The third-order valence-electron chi connectivity index (χ3n) is 5.99. The zero-order chi connectivity index (χ0) is 22.9. The normalized spacial score (nSPS) is 15.6. The number of nitrogens with zero attached hydrogens (tertiary/aromatic N) is 4. The highest BCUT2D eigenvalue weighted by Crippen LogP contribution is 2.28. The Morgan fingerprint density at radius 3 is 2.53 bits per heavy atom. The molecule has 0 bridgehead atoms. The summed E-state index contributed by atoms with van der Waals surface area (Å²) in [4.78, 5) is 17.4. The van der Waals surface area contributed by atoms with Crippen molar-refractivity contribution in [1.29, 1.82) is 0 Å². The zero-order valence-electron chi connectivity index (χ0n) is 18.4. The molecule has 0 radical (unpaired) electrons. The summed E-state index contributed by atoms with van der Waals surface area (Å²) in [6.45, 7) is 6.76. The van der Waals surface area contributed by atoms with Crippen molar-refractivity contribution >= 4 is 21.6 Å². The molecule has 0 aliphatic carbocycles. The Hall–Kier alpha value is -3.04. The molecule has 0 atom stereocenters. The SMILES string of the molecule is Cc1cc(C(=O)Nc2ccc(-n3cccn3)nc2)cc(S(=O)(=O)N2CCC(C)CC2)c1C. The second-order valence-electron chi connectivity index (χ2n) is 8.31. The van der Waals surface area contributed by atoms with E-state index in [1.165, 1.54) is 10.4 Å². The van der Waals surface area contributed by atoms with Crippen LogP contribution in [-0.2, 0) is 10.0 Å². The molecular formula is C23H27N5O3S. The molecule has 1 saturated heterocycles. The van der Waals surface area contributed by atoms with E-state index in [2.05, 4.69) is 22.3 Å². The van der Waals surface area contributed by atoms with Gasteiger partial charge < -0.3 is 5.32 Å². The van der Waals surface area contributed by atoms with Gasteiger partial charge in [-0.1, -0.05) is 6.92 Å². The number of benzene rings is 1. The first-order valence-corrected chi connectivity index (χ1v) is 12.1. The molecule has 1 aliphatic rings. The predicted octanol–water partition coefficient (Wildman–Crippen LogP) is 3.56.